The minimum absolute atomic E-state index is 0.287. The van der Waals surface area contributed by atoms with Crippen LogP contribution in [0.5, 0.6) is 0 Å². The standard InChI is InChI=1S/C16H18O2/c1-3-12(8-9-16(17)18-2)15-10-13-6-4-5-7-14(13)11-15/h4-10,12H,3,11H2,1-2H3/b9-8+. The molecule has 1 aliphatic carbocycles. The quantitative estimate of drug-likeness (QED) is 0.597. The zero-order valence-corrected chi connectivity index (χ0v) is 10.8. The van der Waals surface area contributed by atoms with Gasteiger partial charge in [-0.25, -0.2) is 4.79 Å². The first-order valence-corrected chi connectivity index (χ1v) is 6.29. The van der Waals surface area contributed by atoms with E-state index in [9.17, 15) is 4.79 Å². The summed E-state index contributed by atoms with van der Waals surface area (Å²) in [6.07, 6.45) is 7.69. The van der Waals surface area contributed by atoms with Gasteiger partial charge in [0.2, 0.25) is 0 Å². The molecule has 0 amide bonds. The predicted octanol–water partition coefficient (Wildman–Crippen LogP) is 3.38. The van der Waals surface area contributed by atoms with Crippen LogP contribution in [0, 0.1) is 5.92 Å². The number of fused-ring (bicyclic) bond motifs is 1. The Labute approximate surface area is 108 Å². The van der Waals surface area contributed by atoms with Gasteiger partial charge in [0.25, 0.3) is 0 Å². The Hall–Kier alpha value is -1.83. The summed E-state index contributed by atoms with van der Waals surface area (Å²) in [6.45, 7) is 2.14. The van der Waals surface area contributed by atoms with Gasteiger partial charge in [0.15, 0.2) is 0 Å². The number of methoxy groups -OCH3 is 1. The molecule has 1 atom stereocenters. The first kappa shape index (κ1) is 12.6. The number of benzene rings is 1. The van der Waals surface area contributed by atoms with E-state index in [0.717, 1.165) is 12.8 Å². The highest BCUT2D eigenvalue weighted by atomic mass is 16.5. The van der Waals surface area contributed by atoms with E-state index >= 15 is 0 Å². The van der Waals surface area contributed by atoms with Crippen LogP contribution >= 0.6 is 0 Å². The van der Waals surface area contributed by atoms with Crippen molar-refractivity contribution < 1.29 is 9.53 Å². The lowest BCUT2D eigenvalue weighted by Crippen LogP contribution is -2.02. The summed E-state index contributed by atoms with van der Waals surface area (Å²) in [5, 5.41) is 0. The molecule has 0 aromatic heterocycles. The summed E-state index contributed by atoms with van der Waals surface area (Å²) >= 11 is 0. The molecule has 1 unspecified atom stereocenters. The maximum atomic E-state index is 11.1. The Bertz CT molecular complexity index is 498. The number of allylic oxidation sites excluding steroid dienone is 2. The number of carbonyl (C=O) groups excluding carboxylic acids is 1. The first-order chi connectivity index (χ1) is 8.74. The van der Waals surface area contributed by atoms with Gasteiger partial charge in [0.05, 0.1) is 7.11 Å². The molecule has 2 nitrogen and oxygen atoms in total. The second-order valence-electron chi connectivity index (χ2n) is 4.49. The lowest BCUT2D eigenvalue weighted by atomic mass is 9.94. The van der Waals surface area contributed by atoms with Crippen molar-refractivity contribution >= 4 is 12.0 Å². The highest BCUT2D eigenvalue weighted by molar-refractivity contribution is 5.82. The molecule has 0 bridgehead atoms. The van der Waals surface area contributed by atoms with Crippen LogP contribution in [0.1, 0.15) is 24.5 Å². The Morgan fingerprint density at radius 2 is 2.22 bits per heavy atom. The van der Waals surface area contributed by atoms with Crippen LogP contribution in [0.15, 0.2) is 42.0 Å². The number of esters is 1. The Balaban J connectivity index is 2.13. The van der Waals surface area contributed by atoms with Crippen molar-refractivity contribution in [1.29, 1.82) is 0 Å². The Kier molecular flexibility index (Phi) is 3.98. The molecular weight excluding hydrogens is 224 g/mol. The minimum atomic E-state index is -0.287. The van der Waals surface area contributed by atoms with Gasteiger partial charge in [-0.2, -0.15) is 0 Å². The van der Waals surface area contributed by atoms with Crippen LogP contribution in [0.3, 0.4) is 0 Å². The number of rotatable bonds is 4. The largest absolute Gasteiger partial charge is 0.466 e. The molecule has 0 N–H and O–H groups in total. The van der Waals surface area contributed by atoms with E-state index in [1.807, 2.05) is 6.08 Å². The van der Waals surface area contributed by atoms with E-state index < -0.39 is 0 Å². The summed E-state index contributed by atoms with van der Waals surface area (Å²) in [5.41, 5.74) is 4.05. The van der Waals surface area contributed by atoms with E-state index in [2.05, 4.69) is 42.0 Å². The number of hydrogen-bond acceptors (Lipinski definition) is 2. The SMILES string of the molecule is CCC(/C=C/C(=O)OC)C1=Cc2ccccc2C1. The van der Waals surface area contributed by atoms with Crippen molar-refractivity contribution in [3.05, 3.63) is 53.1 Å². The molecule has 0 aliphatic heterocycles. The number of carbonyl (C=O) groups is 1. The molecule has 1 aliphatic rings. The fraction of sp³-hybridized carbons (Fsp3) is 0.312. The van der Waals surface area contributed by atoms with Gasteiger partial charge in [-0.05, 0) is 29.9 Å². The molecule has 0 spiro atoms. The predicted molar refractivity (Wildman–Crippen MR) is 73.1 cm³/mol. The first-order valence-electron chi connectivity index (χ1n) is 6.29. The van der Waals surface area contributed by atoms with Crippen molar-refractivity contribution in [1.82, 2.24) is 0 Å². The van der Waals surface area contributed by atoms with Gasteiger partial charge < -0.3 is 4.74 Å². The third-order valence-corrected chi connectivity index (χ3v) is 3.37. The van der Waals surface area contributed by atoms with Gasteiger partial charge in [0, 0.05) is 6.08 Å². The molecule has 0 fully saturated rings. The Morgan fingerprint density at radius 3 is 2.89 bits per heavy atom. The maximum absolute atomic E-state index is 11.1. The molecule has 0 saturated heterocycles. The third kappa shape index (κ3) is 2.70. The Morgan fingerprint density at radius 1 is 1.44 bits per heavy atom. The van der Waals surface area contributed by atoms with Gasteiger partial charge in [0.1, 0.15) is 0 Å². The molecule has 18 heavy (non-hydrogen) atoms. The summed E-state index contributed by atoms with van der Waals surface area (Å²) in [6, 6.07) is 8.43. The molecule has 1 aromatic carbocycles. The van der Waals surface area contributed by atoms with Crippen LogP contribution in [0.25, 0.3) is 6.08 Å². The van der Waals surface area contributed by atoms with E-state index in [-0.39, 0.29) is 5.97 Å². The van der Waals surface area contributed by atoms with Crippen molar-refractivity contribution in [3.63, 3.8) is 0 Å². The molecule has 2 rings (SSSR count). The zero-order chi connectivity index (χ0) is 13.0. The normalized spacial score (nSPS) is 15.3. The zero-order valence-electron chi connectivity index (χ0n) is 10.8. The molecule has 0 saturated carbocycles. The number of ether oxygens (including phenoxy) is 1. The van der Waals surface area contributed by atoms with Crippen molar-refractivity contribution in [2.45, 2.75) is 19.8 Å². The average molecular weight is 242 g/mol. The molecule has 1 aromatic rings. The van der Waals surface area contributed by atoms with Crippen LogP contribution < -0.4 is 0 Å². The van der Waals surface area contributed by atoms with Gasteiger partial charge in [-0.15, -0.1) is 0 Å². The summed E-state index contributed by atoms with van der Waals surface area (Å²) in [5.74, 6) is 0.0288. The van der Waals surface area contributed by atoms with Crippen molar-refractivity contribution in [2.75, 3.05) is 7.11 Å². The lowest BCUT2D eigenvalue weighted by Gasteiger charge is -2.11. The van der Waals surface area contributed by atoms with Gasteiger partial charge >= 0.3 is 5.97 Å². The van der Waals surface area contributed by atoms with Crippen LogP contribution in [0.4, 0.5) is 0 Å². The fourth-order valence-electron chi connectivity index (χ4n) is 2.33. The highest BCUT2D eigenvalue weighted by Gasteiger charge is 2.17. The molecule has 2 heteroatoms. The maximum Gasteiger partial charge on any atom is 0.330 e. The van der Waals surface area contributed by atoms with E-state index in [1.54, 1.807) is 0 Å². The van der Waals surface area contributed by atoms with Crippen molar-refractivity contribution in [2.24, 2.45) is 5.92 Å². The smallest absolute Gasteiger partial charge is 0.330 e. The third-order valence-electron chi connectivity index (χ3n) is 3.37. The summed E-state index contributed by atoms with van der Waals surface area (Å²) in [7, 11) is 1.40. The highest BCUT2D eigenvalue weighted by Crippen LogP contribution is 2.31. The number of hydrogen-bond donors (Lipinski definition) is 0. The topological polar surface area (TPSA) is 26.3 Å². The second-order valence-corrected chi connectivity index (χ2v) is 4.49. The second kappa shape index (κ2) is 5.67. The fourth-order valence-corrected chi connectivity index (χ4v) is 2.33. The molecule has 0 radical (unpaired) electrons. The monoisotopic (exact) mass is 242 g/mol. The molecular formula is C16H18O2. The van der Waals surface area contributed by atoms with Gasteiger partial charge in [-0.1, -0.05) is 48.9 Å². The van der Waals surface area contributed by atoms with Gasteiger partial charge in [-0.3, -0.25) is 0 Å². The molecule has 0 heterocycles. The van der Waals surface area contributed by atoms with E-state index in [0.29, 0.717) is 5.92 Å². The van der Waals surface area contributed by atoms with E-state index in [1.165, 1.54) is 29.9 Å². The van der Waals surface area contributed by atoms with Crippen LogP contribution in [0.2, 0.25) is 0 Å². The van der Waals surface area contributed by atoms with Crippen molar-refractivity contribution in [3.8, 4) is 0 Å². The van der Waals surface area contributed by atoms with E-state index in [4.69, 9.17) is 0 Å². The van der Waals surface area contributed by atoms with Crippen LogP contribution in [-0.4, -0.2) is 13.1 Å². The summed E-state index contributed by atoms with van der Waals surface area (Å²) in [4.78, 5) is 11.1. The molecule has 94 valence electrons. The summed E-state index contributed by atoms with van der Waals surface area (Å²) < 4.78 is 4.62. The van der Waals surface area contributed by atoms with Crippen LogP contribution in [-0.2, 0) is 16.0 Å². The average Bonchev–Trinajstić information content (AvgIpc) is 2.82. The lowest BCUT2D eigenvalue weighted by molar-refractivity contribution is -0.134. The minimum Gasteiger partial charge on any atom is -0.466 e.